The molecular formula is C29H36N2O4. The van der Waals surface area contributed by atoms with Gasteiger partial charge < -0.3 is 19.7 Å². The summed E-state index contributed by atoms with van der Waals surface area (Å²) in [6, 6.07) is 16.2. The quantitative estimate of drug-likeness (QED) is 0.204. The zero-order valence-electron chi connectivity index (χ0n) is 20.9. The average molecular weight is 477 g/mol. The number of para-hydroxylation sites is 2. The van der Waals surface area contributed by atoms with Gasteiger partial charge >= 0.3 is 5.97 Å². The SMILES string of the molecule is CCCCC(CC)n1ccc2cc(C(C)=CC(=O)Nc3ccccc3OCCCC(=O)O)ccc21. The molecule has 186 valence electrons. The van der Waals surface area contributed by atoms with Crippen LogP contribution < -0.4 is 10.1 Å². The van der Waals surface area contributed by atoms with Crippen molar-refractivity contribution < 1.29 is 19.4 Å². The Kier molecular flexibility index (Phi) is 9.53. The molecule has 0 saturated heterocycles. The van der Waals surface area contributed by atoms with Crippen molar-refractivity contribution in [1.82, 2.24) is 4.57 Å². The monoisotopic (exact) mass is 476 g/mol. The zero-order valence-corrected chi connectivity index (χ0v) is 20.9. The van der Waals surface area contributed by atoms with Crippen LogP contribution in [0, 0.1) is 0 Å². The van der Waals surface area contributed by atoms with E-state index in [9.17, 15) is 9.59 Å². The minimum Gasteiger partial charge on any atom is -0.491 e. The summed E-state index contributed by atoms with van der Waals surface area (Å²) in [5, 5.41) is 12.8. The molecule has 2 aromatic carbocycles. The number of allylic oxidation sites excluding steroid dienone is 1. The van der Waals surface area contributed by atoms with Crippen molar-refractivity contribution >= 4 is 34.0 Å². The number of hydrogen-bond acceptors (Lipinski definition) is 3. The molecule has 6 nitrogen and oxygen atoms in total. The number of fused-ring (bicyclic) bond motifs is 1. The van der Waals surface area contributed by atoms with E-state index in [-0.39, 0.29) is 18.9 Å². The second kappa shape index (κ2) is 12.8. The smallest absolute Gasteiger partial charge is 0.303 e. The van der Waals surface area contributed by atoms with E-state index in [0.29, 0.717) is 23.9 Å². The third kappa shape index (κ3) is 7.22. The van der Waals surface area contributed by atoms with Crippen LogP contribution in [0.3, 0.4) is 0 Å². The molecule has 0 aliphatic heterocycles. The molecular weight excluding hydrogens is 440 g/mol. The van der Waals surface area contributed by atoms with Gasteiger partial charge in [0, 0.05) is 35.6 Å². The molecule has 0 aliphatic rings. The standard InChI is InChI=1S/C29H36N2O4/c1-4-6-10-24(5-2)31-17-16-23-20-22(14-15-26(23)31)21(3)19-28(32)30-25-11-7-8-12-27(25)35-18-9-13-29(33)34/h7-8,11-12,14-17,19-20,24H,4-6,9-10,13,18H2,1-3H3,(H,30,32)(H,33,34). The van der Waals surface area contributed by atoms with Gasteiger partial charge in [-0.2, -0.15) is 0 Å². The number of carboxylic acids is 1. The van der Waals surface area contributed by atoms with Gasteiger partial charge in [0.05, 0.1) is 12.3 Å². The van der Waals surface area contributed by atoms with Crippen LogP contribution in [0.5, 0.6) is 5.75 Å². The lowest BCUT2D eigenvalue weighted by Gasteiger charge is -2.18. The number of carbonyl (C=O) groups excluding carboxylic acids is 1. The van der Waals surface area contributed by atoms with Crippen molar-refractivity contribution in [3.05, 3.63) is 66.4 Å². The Balaban J connectivity index is 1.70. The number of hydrogen-bond donors (Lipinski definition) is 2. The third-order valence-corrected chi connectivity index (χ3v) is 6.22. The van der Waals surface area contributed by atoms with Gasteiger partial charge in [0.2, 0.25) is 5.91 Å². The largest absolute Gasteiger partial charge is 0.491 e. The lowest BCUT2D eigenvalue weighted by atomic mass is 10.0. The summed E-state index contributed by atoms with van der Waals surface area (Å²) >= 11 is 0. The summed E-state index contributed by atoms with van der Waals surface area (Å²) in [4.78, 5) is 23.4. The Hall–Kier alpha value is -3.54. The maximum Gasteiger partial charge on any atom is 0.303 e. The minimum atomic E-state index is -0.854. The fourth-order valence-electron chi connectivity index (χ4n) is 4.26. The van der Waals surface area contributed by atoms with Crippen molar-refractivity contribution in [2.45, 2.75) is 65.3 Å². The van der Waals surface area contributed by atoms with E-state index < -0.39 is 5.97 Å². The zero-order chi connectivity index (χ0) is 25.2. The molecule has 3 rings (SSSR count). The van der Waals surface area contributed by atoms with Gasteiger partial charge in [-0.25, -0.2) is 0 Å². The van der Waals surface area contributed by atoms with E-state index in [0.717, 1.165) is 17.6 Å². The Bertz CT molecular complexity index is 1180. The van der Waals surface area contributed by atoms with Crippen molar-refractivity contribution in [2.75, 3.05) is 11.9 Å². The number of ether oxygens (including phenoxy) is 1. The molecule has 0 aliphatic carbocycles. The Labute approximate surface area is 207 Å². The van der Waals surface area contributed by atoms with E-state index in [4.69, 9.17) is 9.84 Å². The second-order valence-electron chi connectivity index (χ2n) is 8.86. The highest BCUT2D eigenvalue weighted by atomic mass is 16.5. The van der Waals surface area contributed by atoms with E-state index in [1.165, 1.54) is 30.2 Å². The number of nitrogens with zero attached hydrogens (tertiary/aromatic N) is 1. The molecule has 0 fully saturated rings. The predicted octanol–water partition coefficient (Wildman–Crippen LogP) is 7.07. The fourth-order valence-corrected chi connectivity index (χ4v) is 4.26. The van der Waals surface area contributed by atoms with E-state index in [2.05, 4.69) is 54.2 Å². The molecule has 1 aromatic heterocycles. The number of aromatic nitrogens is 1. The number of carboxylic acid groups (broad SMARTS) is 1. The topological polar surface area (TPSA) is 80.6 Å². The molecule has 1 amide bonds. The number of benzene rings is 2. The van der Waals surface area contributed by atoms with Crippen molar-refractivity contribution in [3.8, 4) is 5.75 Å². The van der Waals surface area contributed by atoms with Gasteiger partial charge in [-0.15, -0.1) is 0 Å². The Morgan fingerprint density at radius 2 is 1.91 bits per heavy atom. The number of nitrogens with one attached hydrogen (secondary N) is 1. The van der Waals surface area contributed by atoms with Crippen molar-refractivity contribution in [3.63, 3.8) is 0 Å². The molecule has 35 heavy (non-hydrogen) atoms. The van der Waals surface area contributed by atoms with Crippen molar-refractivity contribution in [2.24, 2.45) is 0 Å². The first-order valence-electron chi connectivity index (χ1n) is 12.5. The molecule has 0 spiro atoms. The highest BCUT2D eigenvalue weighted by molar-refractivity contribution is 6.04. The summed E-state index contributed by atoms with van der Waals surface area (Å²) in [6.07, 6.45) is 8.93. The summed E-state index contributed by atoms with van der Waals surface area (Å²) in [7, 11) is 0. The van der Waals surface area contributed by atoms with Crippen LogP contribution in [0.1, 0.15) is 70.9 Å². The van der Waals surface area contributed by atoms with Gasteiger partial charge in [-0.1, -0.05) is 44.9 Å². The molecule has 2 N–H and O–H groups in total. The Morgan fingerprint density at radius 3 is 2.66 bits per heavy atom. The highest BCUT2D eigenvalue weighted by Gasteiger charge is 2.12. The van der Waals surface area contributed by atoms with E-state index >= 15 is 0 Å². The van der Waals surface area contributed by atoms with Crippen LogP contribution in [0.4, 0.5) is 5.69 Å². The van der Waals surface area contributed by atoms with Crippen LogP contribution >= 0.6 is 0 Å². The molecule has 0 saturated carbocycles. The molecule has 6 heteroatoms. The molecule has 1 heterocycles. The first kappa shape index (κ1) is 26.1. The number of amides is 1. The summed E-state index contributed by atoms with van der Waals surface area (Å²) in [5.41, 5.74) is 3.66. The lowest BCUT2D eigenvalue weighted by Crippen LogP contribution is -2.11. The molecule has 0 bridgehead atoms. The number of carbonyl (C=O) groups is 2. The summed E-state index contributed by atoms with van der Waals surface area (Å²) in [5.74, 6) is -0.576. The number of aliphatic carboxylic acids is 1. The van der Waals surface area contributed by atoms with Gasteiger partial charge in [0.15, 0.2) is 0 Å². The first-order valence-corrected chi connectivity index (χ1v) is 12.5. The normalized spacial score (nSPS) is 12.5. The maximum atomic E-state index is 12.7. The maximum absolute atomic E-state index is 12.7. The second-order valence-corrected chi connectivity index (χ2v) is 8.86. The minimum absolute atomic E-state index is 0.0437. The molecule has 1 unspecified atom stereocenters. The van der Waals surface area contributed by atoms with Crippen LogP contribution in [0.15, 0.2) is 60.8 Å². The Morgan fingerprint density at radius 1 is 1.11 bits per heavy atom. The average Bonchev–Trinajstić information content (AvgIpc) is 3.26. The number of rotatable bonds is 13. The van der Waals surface area contributed by atoms with Crippen LogP contribution in [0.25, 0.3) is 16.5 Å². The number of unbranched alkanes of at least 4 members (excludes halogenated alkanes) is 1. The molecule has 0 radical (unpaired) electrons. The summed E-state index contributed by atoms with van der Waals surface area (Å²) < 4.78 is 8.06. The van der Waals surface area contributed by atoms with Crippen LogP contribution in [-0.4, -0.2) is 28.2 Å². The fraction of sp³-hybridized carbons (Fsp3) is 0.379. The van der Waals surface area contributed by atoms with Gasteiger partial charge in [-0.3, -0.25) is 9.59 Å². The summed E-state index contributed by atoms with van der Waals surface area (Å²) in [6.45, 7) is 6.67. The van der Waals surface area contributed by atoms with Crippen molar-refractivity contribution in [1.29, 1.82) is 0 Å². The van der Waals surface area contributed by atoms with Gasteiger partial charge in [0.25, 0.3) is 0 Å². The number of anilines is 1. The van der Waals surface area contributed by atoms with E-state index in [1.807, 2.05) is 19.1 Å². The van der Waals surface area contributed by atoms with Gasteiger partial charge in [0.1, 0.15) is 5.75 Å². The molecule has 1 atom stereocenters. The van der Waals surface area contributed by atoms with Gasteiger partial charge in [-0.05, 0) is 67.7 Å². The predicted molar refractivity (Wildman–Crippen MR) is 142 cm³/mol. The van der Waals surface area contributed by atoms with Crippen LogP contribution in [-0.2, 0) is 9.59 Å². The molecule has 3 aromatic rings. The van der Waals surface area contributed by atoms with E-state index in [1.54, 1.807) is 18.2 Å². The lowest BCUT2D eigenvalue weighted by molar-refractivity contribution is -0.137. The highest BCUT2D eigenvalue weighted by Crippen LogP contribution is 2.29. The van der Waals surface area contributed by atoms with Crippen LogP contribution in [0.2, 0.25) is 0 Å². The third-order valence-electron chi connectivity index (χ3n) is 6.22. The first-order chi connectivity index (χ1) is 16.9.